The summed E-state index contributed by atoms with van der Waals surface area (Å²) in [6, 6.07) is 18.4. The van der Waals surface area contributed by atoms with E-state index in [9.17, 15) is 4.79 Å². The van der Waals surface area contributed by atoms with Gasteiger partial charge in [0.1, 0.15) is 23.1 Å². The maximum atomic E-state index is 12.4. The summed E-state index contributed by atoms with van der Waals surface area (Å²) in [5, 5.41) is 2.85. The normalized spacial score (nSPS) is 10.3. The summed E-state index contributed by atoms with van der Waals surface area (Å²) in [4.78, 5) is 23.1. The number of nitrogens with one attached hydrogen (secondary N) is 1. The molecule has 27 heavy (non-hydrogen) atoms. The Morgan fingerprint density at radius 3 is 2.33 bits per heavy atom. The summed E-state index contributed by atoms with van der Waals surface area (Å²) >= 11 is 0. The van der Waals surface area contributed by atoms with Crippen LogP contribution in [-0.2, 0) is 6.54 Å². The van der Waals surface area contributed by atoms with Crippen LogP contribution in [0.15, 0.2) is 60.7 Å². The fourth-order valence-corrected chi connectivity index (χ4v) is 2.48. The van der Waals surface area contributed by atoms with E-state index in [1.165, 1.54) is 0 Å². The SMILES string of the molecule is Cc1cc(N(C)C)nc(CNC(=O)c2ccc(Oc3ccccc3)cc2)n1. The monoisotopic (exact) mass is 362 g/mol. The van der Waals surface area contributed by atoms with Gasteiger partial charge in [0.15, 0.2) is 0 Å². The van der Waals surface area contributed by atoms with Crippen LogP contribution in [0.1, 0.15) is 21.9 Å². The Hall–Kier alpha value is -3.41. The molecule has 0 saturated carbocycles. The zero-order valence-electron chi connectivity index (χ0n) is 15.6. The van der Waals surface area contributed by atoms with E-state index in [4.69, 9.17) is 4.74 Å². The second-order valence-electron chi connectivity index (χ2n) is 6.30. The molecule has 0 fully saturated rings. The number of rotatable bonds is 6. The van der Waals surface area contributed by atoms with Gasteiger partial charge in [-0.15, -0.1) is 0 Å². The topological polar surface area (TPSA) is 67.4 Å². The molecule has 138 valence electrons. The van der Waals surface area contributed by atoms with E-state index in [-0.39, 0.29) is 12.5 Å². The lowest BCUT2D eigenvalue weighted by molar-refractivity contribution is 0.0950. The molecule has 3 rings (SSSR count). The molecule has 0 bridgehead atoms. The number of carbonyl (C=O) groups is 1. The smallest absolute Gasteiger partial charge is 0.251 e. The second kappa shape index (κ2) is 8.31. The first-order valence-corrected chi connectivity index (χ1v) is 8.64. The quantitative estimate of drug-likeness (QED) is 0.726. The van der Waals surface area contributed by atoms with Crippen molar-refractivity contribution in [2.75, 3.05) is 19.0 Å². The van der Waals surface area contributed by atoms with Crippen LogP contribution >= 0.6 is 0 Å². The Bertz CT molecular complexity index is 909. The molecule has 6 heteroatoms. The Morgan fingerprint density at radius 1 is 1.00 bits per heavy atom. The second-order valence-corrected chi connectivity index (χ2v) is 6.30. The third-order valence-corrected chi connectivity index (χ3v) is 3.85. The van der Waals surface area contributed by atoms with E-state index < -0.39 is 0 Å². The Morgan fingerprint density at radius 2 is 1.67 bits per heavy atom. The molecule has 1 amide bonds. The highest BCUT2D eigenvalue weighted by Gasteiger charge is 2.09. The molecule has 1 N–H and O–H groups in total. The predicted molar refractivity (Wildman–Crippen MR) is 105 cm³/mol. The van der Waals surface area contributed by atoms with Crippen molar-refractivity contribution in [2.24, 2.45) is 0 Å². The van der Waals surface area contributed by atoms with Crippen molar-refractivity contribution in [1.29, 1.82) is 0 Å². The van der Waals surface area contributed by atoms with Crippen molar-refractivity contribution in [2.45, 2.75) is 13.5 Å². The van der Waals surface area contributed by atoms with E-state index in [1.807, 2.05) is 62.3 Å². The summed E-state index contributed by atoms with van der Waals surface area (Å²) in [7, 11) is 3.84. The lowest BCUT2D eigenvalue weighted by atomic mass is 10.2. The maximum Gasteiger partial charge on any atom is 0.251 e. The van der Waals surface area contributed by atoms with Gasteiger partial charge in [-0.2, -0.15) is 0 Å². The molecule has 0 saturated heterocycles. The number of hydrogen-bond acceptors (Lipinski definition) is 5. The Balaban J connectivity index is 1.61. The minimum absolute atomic E-state index is 0.183. The fourth-order valence-electron chi connectivity index (χ4n) is 2.48. The van der Waals surface area contributed by atoms with Crippen LogP contribution in [0, 0.1) is 6.92 Å². The molecule has 1 heterocycles. The van der Waals surface area contributed by atoms with Crippen LogP contribution in [0.4, 0.5) is 5.82 Å². The van der Waals surface area contributed by atoms with Crippen LogP contribution in [0.3, 0.4) is 0 Å². The standard InChI is InChI=1S/C21H22N4O2/c1-15-13-20(25(2)3)24-19(23-15)14-22-21(26)16-9-11-18(12-10-16)27-17-7-5-4-6-8-17/h4-13H,14H2,1-3H3,(H,22,26). The number of aromatic nitrogens is 2. The van der Waals surface area contributed by atoms with Crippen LogP contribution in [-0.4, -0.2) is 30.0 Å². The summed E-state index contributed by atoms with van der Waals surface area (Å²) < 4.78 is 5.73. The van der Waals surface area contributed by atoms with E-state index in [2.05, 4.69) is 15.3 Å². The van der Waals surface area contributed by atoms with Gasteiger partial charge in [0.2, 0.25) is 0 Å². The van der Waals surface area contributed by atoms with Crippen LogP contribution in [0.25, 0.3) is 0 Å². The molecule has 0 radical (unpaired) electrons. The highest BCUT2D eigenvalue weighted by molar-refractivity contribution is 5.94. The van der Waals surface area contributed by atoms with Crippen LogP contribution < -0.4 is 15.0 Å². The third-order valence-electron chi connectivity index (χ3n) is 3.85. The van der Waals surface area contributed by atoms with Gasteiger partial charge in [-0.25, -0.2) is 9.97 Å². The number of nitrogens with zero attached hydrogens (tertiary/aromatic N) is 3. The first kappa shape index (κ1) is 18.4. The van der Waals surface area contributed by atoms with Crippen molar-refractivity contribution in [3.05, 3.63) is 77.7 Å². The van der Waals surface area contributed by atoms with E-state index >= 15 is 0 Å². The number of aryl methyl sites for hydroxylation is 1. The lowest BCUT2D eigenvalue weighted by Crippen LogP contribution is -2.24. The van der Waals surface area contributed by atoms with Gasteiger partial charge >= 0.3 is 0 Å². The van der Waals surface area contributed by atoms with Gasteiger partial charge in [0.05, 0.1) is 6.54 Å². The molecule has 3 aromatic rings. The number of ether oxygens (including phenoxy) is 1. The summed E-state index contributed by atoms with van der Waals surface area (Å²) in [6.45, 7) is 2.18. The van der Waals surface area contributed by atoms with Gasteiger partial charge in [-0.3, -0.25) is 4.79 Å². The number of amides is 1. The minimum Gasteiger partial charge on any atom is -0.457 e. The van der Waals surface area contributed by atoms with Crippen molar-refractivity contribution < 1.29 is 9.53 Å². The van der Waals surface area contributed by atoms with Gasteiger partial charge in [-0.1, -0.05) is 18.2 Å². The summed E-state index contributed by atoms with van der Waals surface area (Å²) in [5.74, 6) is 2.64. The van der Waals surface area contributed by atoms with Gasteiger partial charge in [0, 0.05) is 31.4 Å². The molecule has 0 aliphatic carbocycles. The molecule has 6 nitrogen and oxygen atoms in total. The maximum absolute atomic E-state index is 12.4. The van der Waals surface area contributed by atoms with Gasteiger partial charge in [0.25, 0.3) is 5.91 Å². The molecular weight excluding hydrogens is 340 g/mol. The number of para-hydroxylation sites is 1. The molecule has 0 unspecified atom stereocenters. The van der Waals surface area contributed by atoms with Gasteiger partial charge < -0.3 is 15.0 Å². The predicted octanol–water partition coefficient (Wildman–Crippen LogP) is 3.57. The number of anilines is 1. The Kier molecular flexibility index (Phi) is 5.66. The molecule has 1 aromatic heterocycles. The molecular formula is C21H22N4O2. The molecule has 0 aliphatic rings. The Labute approximate surface area is 158 Å². The molecule has 2 aromatic carbocycles. The number of carbonyl (C=O) groups excluding carboxylic acids is 1. The van der Waals surface area contributed by atoms with Crippen LogP contribution in [0.2, 0.25) is 0 Å². The number of benzene rings is 2. The largest absolute Gasteiger partial charge is 0.457 e. The van der Waals surface area contributed by atoms with E-state index in [0.717, 1.165) is 17.3 Å². The average molecular weight is 362 g/mol. The van der Waals surface area contributed by atoms with Crippen molar-refractivity contribution in [3.8, 4) is 11.5 Å². The highest BCUT2D eigenvalue weighted by atomic mass is 16.5. The average Bonchev–Trinajstić information content (AvgIpc) is 2.67. The first-order chi connectivity index (χ1) is 13.0. The van der Waals surface area contributed by atoms with Crippen molar-refractivity contribution >= 4 is 11.7 Å². The zero-order chi connectivity index (χ0) is 19.2. The van der Waals surface area contributed by atoms with E-state index in [1.54, 1.807) is 24.3 Å². The van der Waals surface area contributed by atoms with Gasteiger partial charge in [-0.05, 0) is 43.3 Å². The zero-order valence-corrected chi connectivity index (χ0v) is 15.6. The first-order valence-electron chi connectivity index (χ1n) is 8.64. The van der Waals surface area contributed by atoms with Crippen molar-refractivity contribution in [1.82, 2.24) is 15.3 Å². The molecule has 0 spiro atoms. The summed E-state index contributed by atoms with van der Waals surface area (Å²) in [6.07, 6.45) is 0. The lowest BCUT2D eigenvalue weighted by Gasteiger charge is -2.13. The van der Waals surface area contributed by atoms with Crippen LogP contribution in [0.5, 0.6) is 11.5 Å². The highest BCUT2D eigenvalue weighted by Crippen LogP contribution is 2.21. The molecule has 0 aliphatic heterocycles. The molecule has 0 atom stereocenters. The third kappa shape index (κ3) is 5.04. The fraction of sp³-hybridized carbons (Fsp3) is 0.190. The van der Waals surface area contributed by atoms with E-state index in [0.29, 0.717) is 17.1 Å². The number of hydrogen-bond donors (Lipinski definition) is 1. The van der Waals surface area contributed by atoms with Crippen molar-refractivity contribution in [3.63, 3.8) is 0 Å². The summed E-state index contributed by atoms with van der Waals surface area (Å²) in [5.41, 5.74) is 1.41. The minimum atomic E-state index is -0.183.